The molecule has 4 nitrogen and oxygen atoms in total. The van der Waals surface area contributed by atoms with E-state index >= 15 is 0 Å². The van der Waals surface area contributed by atoms with Crippen LogP contribution in [0.4, 0.5) is 0 Å². The van der Waals surface area contributed by atoms with E-state index in [2.05, 4.69) is 30.8 Å². The van der Waals surface area contributed by atoms with Crippen LogP contribution in [0.15, 0.2) is 0 Å². The van der Waals surface area contributed by atoms with Crippen LogP contribution >= 0.6 is 0 Å². The Kier molecular flexibility index (Phi) is 5.41. The van der Waals surface area contributed by atoms with Crippen LogP contribution in [0.3, 0.4) is 0 Å². The zero-order chi connectivity index (χ0) is 12.9. The molecule has 0 bridgehead atoms. The SMILES string of the molecule is CCC(CC)(CC)NS(=O)(=O)C1CCNCC1. The fraction of sp³-hybridized carbons (Fsp3) is 1.00. The highest BCUT2D eigenvalue weighted by Crippen LogP contribution is 2.23. The summed E-state index contributed by atoms with van der Waals surface area (Å²) in [6.45, 7) is 7.78. The smallest absolute Gasteiger partial charge is 0.215 e. The van der Waals surface area contributed by atoms with Gasteiger partial charge in [-0.05, 0) is 45.2 Å². The zero-order valence-corrected chi connectivity index (χ0v) is 12.1. The molecule has 102 valence electrons. The lowest BCUT2D eigenvalue weighted by Gasteiger charge is -2.34. The minimum atomic E-state index is -3.17. The summed E-state index contributed by atoms with van der Waals surface area (Å²) in [4.78, 5) is 0. The number of sulfonamides is 1. The molecule has 0 spiro atoms. The summed E-state index contributed by atoms with van der Waals surface area (Å²) >= 11 is 0. The van der Waals surface area contributed by atoms with Gasteiger partial charge < -0.3 is 5.32 Å². The van der Waals surface area contributed by atoms with Gasteiger partial charge in [0.25, 0.3) is 0 Å². The van der Waals surface area contributed by atoms with Gasteiger partial charge in [-0.2, -0.15) is 0 Å². The Morgan fingerprint density at radius 3 is 2.00 bits per heavy atom. The van der Waals surface area contributed by atoms with Crippen LogP contribution < -0.4 is 10.0 Å². The molecule has 0 aliphatic carbocycles. The molecule has 2 N–H and O–H groups in total. The summed E-state index contributed by atoms with van der Waals surface area (Å²) in [6, 6.07) is 0. The fourth-order valence-electron chi connectivity index (χ4n) is 2.46. The molecule has 0 aromatic heterocycles. The molecule has 0 amide bonds. The third-order valence-electron chi connectivity index (χ3n) is 4.11. The molecule has 1 rings (SSSR count). The highest BCUT2D eigenvalue weighted by Gasteiger charge is 2.34. The van der Waals surface area contributed by atoms with Crippen molar-refractivity contribution in [2.24, 2.45) is 0 Å². The van der Waals surface area contributed by atoms with Gasteiger partial charge in [-0.25, -0.2) is 13.1 Å². The molecule has 1 heterocycles. The molecule has 0 aromatic carbocycles. The van der Waals surface area contributed by atoms with E-state index in [9.17, 15) is 8.42 Å². The van der Waals surface area contributed by atoms with E-state index in [0.717, 1.165) is 45.2 Å². The van der Waals surface area contributed by atoms with Crippen LogP contribution in [-0.2, 0) is 10.0 Å². The molecule has 1 aliphatic rings. The monoisotopic (exact) mass is 262 g/mol. The lowest BCUT2D eigenvalue weighted by atomic mass is 9.91. The first-order valence-corrected chi connectivity index (χ1v) is 8.28. The maximum atomic E-state index is 12.3. The van der Waals surface area contributed by atoms with Crippen molar-refractivity contribution in [1.82, 2.24) is 10.0 Å². The number of piperidine rings is 1. The Labute approximate surface area is 106 Å². The maximum Gasteiger partial charge on any atom is 0.215 e. The average molecular weight is 262 g/mol. The molecule has 1 saturated heterocycles. The normalized spacial score (nSPS) is 19.5. The number of nitrogens with one attached hydrogen (secondary N) is 2. The first-order chi connectivity index (χ1) is 7.99. The Morgan fingerprint density at radius 1 is 1.12 bits per heavy atom. The molecule has 0 radical (unpaired) electrons. The molecule has 1 aliphatic heterocycles. The predicted octanol–water partition coefficient (Wildman–Crippen LogP) is 1.63. The third kappa shape index (κ3) is 3.66. The fourth-order valence-corrected chi connectivity index (χ4v) is 4.52. The average Bonchev–Trinajstić information content (AvgIpc) is 2.37. The summed E-state index contributed by atoms with van der Waals surface area (Å²) < 4.78 is 27.6. The first-order valence-electron chi connectivity index (χ1n) is 6.73. The summed E-state index contributed by atoms with van der Waals surface area (Å²) in [7, 11) is -3.17. The second-order valence-electron chi connectivity index (χ2n) is 4.94. The van der Waals surface area contributed by atoms with Crippen molar-refractivity contribution in [2.75, 3.05) is 13.1 Å². The Hall–Kier alpha value is -0.130. The zero-order valence-electron chi connectivity index (χ0n) is 11.3. The molecule has 0 saturated carbocycles. The Bertz CT molecular complexity index is 309. The van der Waals surface area contributed by atoms with E-state index in [1.54, 1.807) is 0 Å². The van der Waals surface area contributed by atoms with Crippen molar-refractivity contribution < 1.29 is 8.42 Å². The summed E-state index contributed by atoms with van der Waals surface area (Å²) in [6.07, 6.45) is 4.00. The molecule has 5 heteroatoms. The number of hydrogen-bond donors (Lipinski definition) is 2. The molecule has 0 unspecified atom stereocenters. The standard InChI is InChI=1S/C12H26N2O2S/c1-4-12(5-2,6-3)14-17(15,16)11-7-9-13-10-8-11/h11,13-14H,4-10H2,1-3H3. The second-order valence-corrected chi connectivity index (χ2v) is 6.90. The first kappa shape index (κ1) is 14.9. The third-order valence-corrected chi connectivity index (χ3v) is 6.18. The van der Waals surface area contributed by atoms with Gasteiger partial charge in [-0.15, -0.1) is 0 Å². The van der Waals surface area contributed by atoms with E-state index in [4.69, 9.17) is 0 Å². The Balaban J connectivity index is 2.76. The molecule has 1 fully saturated rings. The van der Waals surface area contributed by atoms with E-state index in [1.807, 2.05) is 0 Å². The minimum Gasteiger partial charge on any atom is -0.317 e. The summed E-state index contributed by atoms with van der Waals surface area (Å²) in [5, 5.41) is 2.98. The van der Waals surface area contributed by atoms with Crippen molar-refractivity contribution in [3.63, 3.8) is 0 Å². The second kappa shape index (κ2) is 6.16. The van der Waals surface area contributed by atoms with Gasteiger partial charge in [-0.3, -0.25) is 0 Å². The molecule has 17 heavy (non-hydrogen) atoms. The number of hydrogen-bond acceptors (Lipinski definition) is 3. The van der Waals surface area contributed by atoms with E-state index in [1.165, 1.54) is 0 Å². The van der Waals surface area contributed by atoms with E-state index < -0.39 is 10.0 Å². The van der Waals surface area contributed by atoms with Gasteiger partial charge in [0.2, 0.25) is 10.0 Å². The van der Waals surface area contributed by atoms with Crippen molar-refractivity contribution in [3.8, 4) is 0 Å². The molecular weight excluding hydrogens is 236 g/mol. The van der Waals surface area contributed by atoms with Gasteiger partial charge in [0.1, 0.15) is 0 Å². The Morgan fingerprint density at radius 2 is 1.59 bits per heavy atom. The maximum absolute atomic E-state index is 12.3. The van der Waals surface area contributed by atoms with Crippen molar-refractivity contribution >= 4 is 10.0 Å². The highest BCUT2D eigenvalue weighted by atomic mass is 32.2. The van der Waals surface area contributed by atoms with Crippen molar-refractivity contribution in [3.05, 3.63) is 0 Å². The largest absolute Gasteiger partial charge is 0.317 e. The predicted molar refractivity (Wildman–Crippen MR) is 71.6 cm³/mol. The lowest BCUT2D eigenvalue weighted by Crippen LogP contribution is -2.52. The van der Waals surface area contributed by atoms with Gasteiger partial charge >= 0.3 is 0 Å². The van der Waals surface area contributed by atoms with Crippen LogP contribution in [0, 0.1) is 0 Å². The van der Waals surface area contributed by atoms with Crippen LogP contribution in [0.1, 0.15) is 52.9 Å². The summed E-state index contributed by atoms with van der Waals surface area (Å²) in [5.41, 5.74) is -0.246. The topological polar surface area (TPSA) is 58.2 Å². The summed E-state index contributed by atoms with van der Waals surface area (Å²) in [5.74, 6) is 0. The van der Waals surface area contributed by atoms with Crippen molar-refractivity contribution in [1.29, 1.82) is 0 Å². The molecule has 0 atom stereocenters. The van der Waals surface area contributed by atoms with Crippen LogP contribution in [0.25, 0.3) is 0 Å². The minimum absolute atomic E-state index is 0.215. The van der Waals surface area contributed by atoms with E-state index in [0.29, 0.717) is 0 Å². The van der Waals surface area contributed by atoms with E-state index in [-0.39, 0.29) is 10.8 Å². The number of rotatable bonds is 6. The van der Waals surface area contributed by atoms with Gasteiger partial charge in [0.15, 0.2) is 0 Å². The van der Waals surface area contributed by atoms with Crippen LogP contribution in [0.2, 0.25) is 0 Å². The van der Waals surface area contributed by atoms with Crippen LogP contribution in [-0.4, -0.2) is 32.3 Å². The molecule has 0 aromatic rings. The lowest BCUT2D eigenvalue weighted by molar-refractivity contribution is 0.337. The van der Waals surface area contributed by atoms with Crippen LogP contribution in [0.5, 0.6) is 0 Å². The molecular formula is C12H26N2O2S. The van der Waals surface area contributed by atoms with Gasteiger partial charge in [0.05, 0.1) is 5.25 Å². The quantitative estimate of drug-likeness (QED) is 0.765. The van der Waals surface area contributed by atoms with Gasteiger partial charge in [-0.1, -0.05) is 20.8 Å². The highest BCUT2D eigenvalue weighted by molar-refractivity contribution is 7.90. The van der Waals surface area contributed by atoms with Gasteiger partial charge in [0, 0.05) is 5.54 Å². The van der Waals surface area contributed by atoms with Crippen molar-refractivity contribution in [2.45, 2.75) is 63.7 Å².